The Balaban J connectivity index is 1.64. The summed E-state index contributed by atoms with van der Waals surface area (Å²) in [6.45, 7) is 3.77. The number of benzene rings is 2. The lowest BCUT2D eigenvalue weighted by atomic mass is 9.73. The summed E-state index contributed by atoms with van der Waals surface area (Å²) >= 11 is 0. The van der Waals surface area contributed by atoms with Gasteiger partial charge in [0.2, 0.25) is 11.8 Å². The Morgan fingerprint density at radius 1 is 1.09 bits per heavy atom. The molecule has 0 N–H and O–H groups in total. The number of hydrogen-bond donors (Lipinski definition) is 0. The van der Waals surface area contributed by atoms with Crippen LogP contribution in [0.2, 0.25) is 0 Å². The Labute approximate surface area is 194 Å². The van der Waals surface area contributed by atoms with Crippen LogP contribution in [-0.2, 0) is 20.7 Å². The lowest BCUT2D eigenvalue weighted by molar-refractivity contribution is -0.154. The van der Waals surface area contributed by atoms with Crippen LogP contribution in [0.15, 0.2) is 48.5 Å². The van der Waals surface area contributed by atoms with Gasteiger partial charge in [-0.2, -0.15) is 0 Å². The van der Waals surface area contributed by atoms with Crippen LogP contribution in [0.1, 0.15) is 36.9 Å². The molecule has 4 rings (SSSR count). The second-order valence-corrected chi connectivity index (χ2v) is 8.88. The van der Waals surface area contributed by atoms with E-state index < -0.39 is 5.41 Å². The molecule has 1 atom stereocenters. The van der Waals surface area contributed by atoms with Crippen LogP contribution in [0.5, 0.6) is 5.75 Å². The monoisotopic (exact) mass is 454 g/mol. The molecule has 176 valence electrons. The maximum atomic E-state index is 14.5. The normalized spacial score (nSPS) is 20.4. The summed E-state index contributed by atoms with van der Waals surface area (Å²) in [7, 11) is 1.61. The Bertz CT molecular complexity index is 1010. The number of carbonyl (C=O) groups is 2. The second-order valence-electron chi connectivity index (χ2n) is 8.88. The summed E-state index contributed by atoms with van der Waals surface area (Å²) in [4.78, 5) is 30.1. The van der Waals surface area contributed by atoms with Gasteiger partial charge in [-0.1, -0.05) is 36.4 Å². The van der Waals surface area contributed by atoms with E-state index in [9.17, 15) is 14.0 Å². The summed E-state index contributed by atoms with van der Waals surface area (Å²) in [6, 6.07) is 14.0. The quantitative estimate of drug-likeness (QED) is 0.693. The van der Waals surface area contributed by atoms with Gasteiger partial charge in [-0.25, -0.2) is 4.39 Å². The molecule has 0 bridgehead atoms. The van der Waals surface area contributed by atoms with E-state index in [4.69, 9.17) is 9.47 Å². The average Bonchev–Trinajstić information content (AvgIpc) is 2.85. The largest absolute Gasteiger partial charge is 0.496 e. The van der Waals surface area contributed by atoms with E-state index in [-0.39, 0.29) is 23.7 Å². The summed E-state index contributed by atoms with van der Waals surface area (Å²) in [5.41, 5.74) is 0.712. The minimum Gasteiger partial charge on any atom is -0.496 e. The van der Waals surface area contributed by atoms with Crippen LogP contribution in [0.4, 0.5) is 4.39 Å². The first-order valence-electron chi connectivity index (χ1n) is 11.5. The van der Waals surface area contributed by atoms with Crippen molar-refractivity contribution in [2.75, 3.05) is 40.0 Å². The number of nitrogens with zero attached hydrogens (tertiary/aromatic N) is 2. The molecule has 2 amide bonds. The molecular weight excluding hydrogens is 423 g/mol. The molecule has 7 heteroatoms. The maximum Gasteiger partial charge on any atom is 0.229 e. The first kappa shape index (κ1) is 23.2. The van der Waals surface area contributed by atoms with Gasteiger partial charge in [0.15, 0.2) is 0 Å². The van der Waals surface area contributed by atoms with Crippen molar-refractivity contribution < 1.29 is 23.5 Å². The van der Waals surface area contributed by atoms with E-state index in [1.54, 1.807) is 37.1 Å². The number of carbonyl (C=O) groups excluding carboxylic acids is 2. The number of para-hydroxylation sites is 1. The topological polar surface area (TPSA) is 59.1 Å². The molecule has 6 nitrogen and oxygen atoms in total. The van der Waals surface area contributed by atoms with Crippen LogP contribution < -0.4 is 4.74 Å². The lowest BCUT2D eigenvalue weighted by Gasteiger charge is -2.46. The van der Waals surface area contributed by atoms with Crippen molar-refractivity contribution in [3.05, 3.63) is 65.5 Å². The number of halogens is 1. The molecule has 2 fully saturated rings. The van der Waals surface area contributed by atoms with Crippen LogP contribution in [0.25, 0.3) is 0 Å². The highest BCUT2D eigenvalue weighted by molar-refractivity contribution is 5.84. The van der Waals surface area contributed by atoms with Gasteiger partial charge < -0.3 is 19.3 Å². The Morgan fingerprint density at radius 3 is 2.48 bits per heavy atom. The number of hydrogen-bond acceptors (Lipinski definition) is 4. The van der Waals surface area contributed by atoms with Crippen LogP contribution in [0.3, 0.4) is 0 Å². The molecule has 33 heavy (non-hydrogen) atoms. The van der Waals surface area contributed by atoms with Gasteiger partial charge in [0.25, 0.3) is 0 Å². The number of piperazine rings is 1. The molecule has 2 aromatic carbocycles. The van der Waals surface area contributed by atoms with E-state index in [1.807, 2.05) is 29.2 Å². The molecular formula is C26H31FN2O4. The van der Waals surface area contributed by atoms with Gasteiger partial charge >= 0.3 is 0 Å². The van der Waals surface area contributed by atoms with Crippen molar-refractivity contribution in [3.8, 4) is 5.75 Å². The minimum absolute atomic E-state index is 0.0113. The maximum absolute atomic E-state index is 14.5. The number of ether oxygens (including phenoxy) is 2. The van der Waals surface area contributed by atoms with Gasteiger partial charge in [0.1, 0.15) is 11.6 Å². The third-order valence-corrected chi connectivity index (χ3v) is 6.96. The van der Waals surface area contributed by atoms with Crippen molar-refractivity contribution in [1.82, 2.24) is 9.80 Å². The van der Waals surface area contributed by atoms with E-state index in [1.165, 1.54) is 6.07 Å². The predicted octanol–water partition coefficient (Wildman–Crippen LogP) is 3.61. The fourth-order valence-electron chi connectivity index (χ4n) is 5.12. The number of amides is 2. The van der Waals surface area contributed by atoms with Crippen molar-refractivity contribution in [1.29, 1.82) is 0 Å². The second kappa shape index (κ2) is 9.91. The van der Waals surface area contributed by atoms with Gasteiger partial charge in [-0.15, -0.1) is 0 Å². The van der Waals surface area contributed by atoms with Gasteiger partial charge in [0, 0.05) is 45.3 Å². The summed E-state index contributed by atoms with van der Waals surface area (Å²) < 4.78 is 25.6. The van der Waals surface area contributed by atoms with Crippen molar-refractivity contribution in [3.63, 3.8) is 0 Å². The molecule has 2 aromatic rings. The molecule has 0 aliphatic carbocycles. The van der Waals surface area contributed by atoms with Crippen molar-refractivity contribution in [2.24, 2.45) is 5.41 Å². The minimum atomic E-state index is -0.718. The summed E-state index contributed by atoms with van der Waals surface area (Å²) in [5.74, 6) is 0.377. The molecule has 2 aliphatic rings. The third-order valence-electron chi connectivity index (χ3n) is 6.96. The summed E-state index contributed by atoms with van der Waals surface area (Å²) in [5, 5.41) is 0. The number of methoxy groups -OCH3 is 1. The summed E-state index contributed by atoms with van der Waals surface area (Å²) in [6.07, 6.45) is 1.44. The smallest absolute Gasteiger partial charge is 0.229 e. The number of rotatable bonds is 5. The van der Waals surface area contributed by atoms with Gasteiger partial charge in [-0.05, 0) is 37.0 Å². The Morgan fingerprint density at radius 2 is 1.79 bits per heavy atom. The van der Waals surface area contributed by atoms with Crippen molar-refractivity contribution in [2.45, 2.75) is 32.2 Å². The highest BCUT2D eigenvalue weighted by atomic mass is 19.1. The zero-order valence-corrected chi connectivity index (χ0v) is 19.3. The van der Waals surface area contributed by atoms with E-state index >= 15 is 0 Å². The molecule has 0 saturated carbocycles. The van der Waals surface area contributed by atoms with Crippen LogP contribution in [-0.4, -0.2) is 61.6 Å². The Kier molecular flexibility index (Phi) is 6.98. The third kappa shape index (κ3) is 4.74. The molecule has 0 radical (unpaired) electrons. The van der Waals surface area contributed by atoms with E-state index in [2.05, 4.69) is 0 Å². The molecule has 2 heterocycles. The average molecular weight is 455 g/mol. The predicted molar refractivity (Wildman–Crippen MR) is 122 cm³/mol. The molecule has 2 saturated heterocycles. The highest BCUT2D eigenvalue weighted by Gasteiger charge is 2.45. The Hall–Kier alpha value is -2.93. The molecule has 1 unspecified atom stereocenters. The fraction of sp³-hybridized carbons (Fsp3) is 0.462. The standard InChI is InChI=1S/C26H31FN2O4/c1-19(30)29-14-13-28(18-23(29)21-8-4-6-10-24(21)32-2)25(31)26(11-15-33-16-12-26)17-20-7-3-5-9-22(20)27/h3-10,23H,11-18H2,1-2H3. The van der Waals surface area contributed by atoms with E-state index in [0.29, 0.717) is 63.4 Å². The fourth-order valence-corrected chi connectivity index (χ4v) is 5.12. The lowest BCUT2D eigenvalue weighted by Crippen LogP contribution is -2.56. The molecule has 0 aromatic heterocycles. The van der Waals surface area contributed by atoms with Gasteiger partial charge in [-0.3, -0.25) is 9.59 Å². The first-order valence-corrected chi connectivity index (χ1v) is 11.5. The van der Waals surface area contributed by atoms with Crippen LogP contribution >= 0.6 is 0 Å². The first-order chi connectivity index (χ1) is 15.9. The van der Waals surface area contributed by atoms with Gasteiger partial charge in [0.05, 0.1) is 18.6 Å². The van der Waals surface area contributed by atoms with Crippen molar-refractivity contribution >= 4 is 11.8 Å². The molecule has 2 aliphatic heterocycles. The zero-order valence-electron chi connectivity index (χ0n) is 19.3. The van der Waals surface area contributed by atoms with E-state index in [0.717, 1.165) is 5.56 Å². The molecule has 0 spiro atoms. The SMILES string of the molecule is COc1ccccc1C1CN(C(=O)C2(Cc3ccccc3F)CCOCC2)CCN1C(C)=O. The van der Waals surface area contributed by atoms with Crippen LogP contribution in [0, 0.1) is 11.2 Å². The highest BCUT2D eigenvalue weighted by Crippen LogP contribution is 2.39. The zero-order chi connectivity index (χ0) is 23.4.